The van der Waals surface area contributed by atoms with Crippen LogP contribution < -0.4 is 5.73 Å². The standard InChI is InChI=1S/C13H12N2OS/c1-7-3-4-10-9(5-7)15-13(16-10)12-8(2)6-11(14)17-12/h3-6H,14H2,1-2H3. The summed E-state index contributed by atoms with van der Waals surface area (Å²) >= 11 is 1.51. The second-order valence-corrected chi connectivity index (χ2v) is 5.23. The smallest absolute Gasteiger partial charge is 0.237 e. The lowest BCUT2D eigenvalue weighted by Crippen LogP contribution is -1.74. The molecular formula is C13H12N2OS. The quantitative estimate of drug-likeness (QED) is 0.709. The average molecular weight is 244 g/mol. The summed E-state index contributed by atoms with van der Waals surface area (Å²) < 4.78 is 5.75. The van der Waals surface area contributed by atoms with E-state index in [4.69, 9.17) is 10.2 Å². The van der Waals surface area contributed by atoms with Gasteiger partial charge >= 0.3 is 0 Å². The van der Waals surface area contributed by atoms with Gasteiger partial charge in [0.25, 0.3) is 0 Å². The maximum absolute atomic E-state index is 5.78. The monoisotopic (exact) mass is 244 g/mol. The van der Waals surface area contributed by atoms with E-state index in [0.717, 1.165) is 26.5 Å². The fourth-order valence-corrected chi connectivity index (χ4v) is 2.72. The van der Waals surface area contributed by atoms with Crippen molar-refractivity contribution in [3.8, 4) is 10.8 Å². The van der Waals surface area contributed by atoms with Crippen molar-refractivity contribution in [1.82, 2.24) is 4.98 Å². The first-order chi connectivity index (χ1) is 8.13. The van der Waals surface area contributed by atoms with Crippen LogP contribution >= 0.6 is 11.3 Å². The van der Waals surface area contributed by atoms with Crippen LogP contribution in [-0.2, 0) is 0 Å². The van der Waals surface area contributed by atoms with Crippen LogP contribution in [-0.4, -0.2) is 4.98 Å². The molecule has 0 aliphatic rings. The number of aromatic nitrogens is 1. The lowest BCUT2D eigenvalue weighted by molar-refractivity contribution is 0.621. The Morgan fingerprint density at radius 2 is 2.06 bits per heavy atom. The molecule has 0 spiro atoms. The number of benzene rings is 1. The van der Waals surface area contributed by atoms with Crippen molar-refractivity contribution in [3.05, 3.63) is 35.4 Å². The van der Waals surface area contributed by atoms with Crippen molar-refractivity contribution < 1.29 is 4.42 Å². The number of hydrogen-bond donors (Lipinski definition) is 1. The van der Waals surface area contributed by atoms with E-state index in [1.54, 1.807) is 0 Å². The van der Waals surface area contributed by atoms with Crippen molar-refractivity contribution in [3.63, 3.8) is 0 Å². The molecule has 0 fully saturated rings. The Kier molecular flexibility index (Phi) is 2.19. The first-order valence-corrected chi connectivity index (χ1v) is 6.18. The normalized spacial score (nSPS) is 11.2. The Morgan fingerprint density at radius 1 is 1.24 bits per heavy atom. The number of rotatable bonds is 1. The summed E-state index contributed by atoms with van der Waals surface area (Å²) in [6.07, 6.45) is 0. The summed E-state index contributed by atoms with van der Waals surface area (Å²) in [6, 6.07) is 7.94. The van der Waals surface area contributed by atoms with Gasteiger partial charge in [0.15, 0.2) is 5.58 Å². The molecule has 0 atom stereocenters. The Balaban J connectivity index is 2.21. The number of nitrogen functional groups attached to an aromatic ring is 1. The summed E-state index contributed by atoms with van der Waals surface area (Å²) in [5.74, 6) is 0.657. The molecule has 3 rings (SSSR count). The number of nitrogens with two attached hydrogens (primary N) is 1. The van der Waals surface area contributed by atoms with Crippen LogP contribution in [0.2, 0.25) is 0 Å². The van der Waals surface area contributed by atoms with E-state index in [-0.39, 0.29) is 0 Å². The predicted molar refractivity (Wildman–Crippen MR) is 71.2 cm³/mol. The lowest BCUT2D eigenvalue weighted by Gasteiger charge is -1.89. The van der Waals surface area contributed by atoms with E-state index in [1.165, 1.54) is 16.9 Å². The van der Waals surface area contributed by atoms with Gasteiger partial charge in [-0.2, -0.15) is 0 Å². The first kappa shape index (κ1) is 10.4. The van der Waals surface area contributed by atoms with E-state index in [1.807, 2.05) is 38.1 Å². The van der Waals surface area contributed by atoms with Crippen molar-refractivity contribution >= 4 is 27.4 Å². The first-order valence-electron chi connectivity index (χ1n) is 5.37. The number of fused-ring (bicyclic) bond motifs is 1. The molecule has 3 aromatic rings. The van der Waals surface area contributed by atoms with Gasteiger partial charge in [-0.25, -0.2) is 4.98 Å². The lowest BCUT2D eigenvalue weighted by atomic mass is 10.2. The molecule has 17 heavy (non-hydrogen) atoms. The third-order valence-corrected chi connectivity index (χ3v) is 3.73. The molecule has 0 saturated carbocycles. The van der Waals surface area contributed by atoms with Gasteiger partial charge in [0.05, 0.1) is 9.88 Å². The number of aryl methyl sites for hydroxylation is 2. The highest BCUT2D eigenvalue weighted by Gasteiger charge is 2.13. The Bertz CT molecular complexity index is 697. The minimum Gasteiger partial charge on any atom is -0.435 e. The van der Waals surface area contributed by atoms with Crippen LogP contribution in [0.1, 0.15) is 11.1 Å². The zero-order chi connectivity index (χ0) is 12.0. The molecule has 2 heterocycles. The molecule has 0 aliphatic carbocycles. The van der Waals surface area contributed by atoms with Crippen LogP contribution in [0.15, 0.2) is 28.7 Å². The Morgan fingerprint density at radius 3 is 2.76 bits per heavy atom. The number of oxazole rings is 1. The van der Waals surface area contributed by atoms with Gasteiger partial charge in [-0.15, -0.1) is 11.3 Å². The molecule has 2 aromatic heterocycles. The highest BCUT2D eigenvalue weighted by Crippen LogP contribution is 2.34. The summed E-state index contributed by atoms with van der Waals surface area (Å²) in [4.78, 5) is 5.52. The van der Waals surface area contributed by atoms with Gasteiger partial charge in [0.1, 0.15) is 5.52 Å². The molecule has 0 amide bonds. The molecule has 0 radical (unpaired) electrons. The highest BCUT2D eigenvalue weighted by molar-refractivity contribution is 7.19. The van der Waals surface area contributed by atoms with Crippen molar-refractivity contribution in [2.75, 3.05) is 5.73 Å². The van der Waals surface area contributed by atoms with E-state index in [0.29, 0.717) is 5.89 Å². The molecule has 4 heteroatoms. The molecular weight excluding hydrogens is 232 g/mol. The van der Waals surface area contributed by atoms with Crippen LogP contribution in [0.5, 0.6) is 0 Å². The summed E-state index contributed by atoms with van der Waals surface area (Å²) in [5.41, 5.74) is 9.78. The SMILES string of the molecule is Cc1ccc2oc(-c3sc(N)cc3C)nc2c1. The number of hydrogen-bond acceptors (Lipinski definition) is 4. The maximum Gasteiger partial charge on any atom is 0.237 e. The van der Waals surface area contributed by atoms with Crippen molar-refractivity contribution in [2.45, 2.75) is 13.8 Å². The van der Waals surface area contributed by atoms with Crippen LogP contribution in [0.25, 0.3) is 21.9 Å². The summed E-state index contributed by atoms with van der Waals surface area (Å²) in [5, 5.41) is 0.788. The summed E-state index contributed by atoms with van der Waals surface area (Å²) in [6.45, 7) is 4.06. The fourth-order valence-electron chi connectivity index (χ4n) is 1.85. The minimum absolute atomic E-state index is 0.657. The third-order valence-electron chi connectivity index (χ3n) is 2.67. The van der Waals surface area contributed by atoms with Crippen LogP contribution in [0.3, 0.4) is 0 Å². The van der Waals surface area contributed by atoms with E-state index >= 15 is 0 Å². The van der Waals surface area contributed by atoms with E-state index in [2.05, 4.69) is 4.98 Å². The Hall–Kier alpha value is -1.81. The second kappa shape index (κ2) is 3.60. The zero-order valence-corrected chi connectivity index (χ0v) is 10.5. The minimum atomic E-state index is 0.657. The van der Waals surface area contributed by atoms with Crippen molar-refractivity contribution in [2.24, 2.45) is 0 Å². The van der Waals surface area contributed by atoms with Gasteiger partial charge < -0.3 is 10.2 Å². The van der Waals surface area contributed by atoms with E-state index in [9.17, 15) is 0 Å². The van der Waals surface area contributed by atoms with Gasteiger partial charge in [0.2, 0.25) is 5.89 Å². The maximum atomic E-state index is 5.78. The van der Waals surface area contributed by atoms with Crippen LogP contribution in [0.4, 0.5) is 5.00 Å². The number of thiophene rings is 1. The number of anilines is 1. The van der Waals surface area contributed by atoms with Gasteiger partial charge in [-0.3, -0.25) is 0 Å². The topological polar surface area (TPSA) is 52.0 Å². The molecule has 0 unspecified atom stereocenters. The zero-order valence-electron chi connectivity index (χ0n) is 9.65. The third kappa shape index (κ3) is 1.70. The molecule has 3 nitrogen and oxygen atoms in total. The molecule has 0 saturated heterocycles. The average Bonchev–Trinajstić information content (AvgIpc) is 2.80. The van der Waals surface area contributed by atoms with Gasteiger partial charge in [-0.1, -0.05) is 6.07 Å². The fraction of sp³-hybridized carbons (Fsp3) is 0.154. The molecule has 86 valence electrons. The second-order valence-electron chi connectivity index (χ2n) is 4.15. The van der Waals surface area contributed by atoms with Crippen LogP contribution in [0, 0.1) is 13.8 Å². The number of nitrogens with zero attached hydrogens (tertiary/aromatic N) is 1. The molecule has 0 bridgehead atoms. The highest BCUT2D eigenvalue weighted by atomic mass is 32.1. The molecule has 2 N–H and O–H groups in total. The Labute approximate surface area is 103 Å². The predicted octanol–water partition coefficient (Wildman–Crippen LogP) is 3.76. The van der Waals surface area contributed by atoms with Crippen molar-refractivity contribution in [1.29, 1.82) is 0 Å². The molecule has 0 aliphatic heterocycles. The summed E-state index contributed by atoms with van der Waals surface area (Å²) in [7, 11) is 0. The van der Waals surface area contributed by atoms with Gasteiger partial charge in [-0.05, 0) is 43.2 Å². The van der Waals surface area contributed by atoms with E-state index < -0.39 is 0 Å². The molecule has 1 aromatic carbocycles. The van der Waals surface area contributed by atoms with Gasteiger partial charge in [0, 0.05) is 0 Å². The largest absolute Gasteiger partial charge is 0.435 e.